The predicted octanol–water partition coefficient (Wildman–Crippen LogP) is 4.08. The van der Waals surface area contributed by atoms with Crippen molar-refractivity contribution in [1.29, 1.82) is 0 Å². The molecular formula is C13H13BrN2. The number of hydrogen-bond acceptors (Lipinski definition) is 2. The van der Waals surface area contributed by atoms with Crippen molar-refractivity contribution < 1.29 is 0 Å². The maximum absolute atomic E-state index is 5.77. The molecule has 0 spiro atoms. The number of nitrogens with two attached hydrogens (primary N) is 1. The van der Waals surface area contributed by atoms with Crippen molar-refractivity contribution in [2.45, 2.75) is 6.92 Å². The first-order valence-corrected chi connectivity index (χ1v) is 5.83. The molecule has 0 fully saturated rings. The van der Waals surface area contributed by atoms with Crippen LogP contribution in [0.3, 0.4) is 0 Å². The first-order valence-electron chi connectivity index (χ1n) is 5.04. The summed E-state index contributed by atoms with van der Waals surface area (Å²) in [4.78, 5) is 0. The van der Waals surface area contributed by atoms with E-state index in [9.17, 15) is 0 Å². The van der Waals surface area contributed by atoms with Crippen LogP contribution < -0.4 is 11.1 Å². The number of aryl methyl sites for hydroxylation is 1. The third-order valence-electron chi connectivity index (χ3n) is 2.40. The largest absolute Gasteiger partial charge is 0.399 e. The maximum atomic E-state index is 5.77. The zero-order valence-electron chi connectivity index (χ0n) is 9.00. The number of benzene rings is 2. The summed E-state index contributed by atoms with van der Waals surface area (Å²) in [6.45, 7) is 2.00. The Labute approximate surface area is 104 Å². The number of nitrogen functional groups attached to an aromatic ring is 1. The van der Waals surface area contributed by atoms with E-state index in [0.29, 0.717) is 0 Å². The molecule has 2 aromatic carbocycles. The van der Waals surface area contributed by atoms with E-state index >= 15 is 0 Å². The van der Waals surface area contributed by atoms with Gasteiger partial charge in [0.05, 0.1) is 0 Å². The number of nitrogens with one attached hydrogen (secondary N) is 1. The lowest BCUT2D eigenvalue weighted by molar-refractivity contribution is 1.45. The van der Waals surface area contributed by atoms with E-state index in [1.54, 1.807) is 0 Å². The van der Waals surface area contributed by atoms with E-state index in [2.05, 4.69) is 21.2 Å². The molecule has 3 N–H and O–H groups in total. The van der Waals surface area contributed by atoms with Gasteiger partial charge >= 0.3 is 0 Å². The SMILES string of the molecule is Cc1cc(Nc2ccc(Br)cc2)ccc1N. The molecule has 3 heteroatoms. The Balaban J connectivity index is 2.20. The zero-order valence-corrected chi connectivity index (χ0v) is 10.6. The van der Waals surface area contributed by atoms with Gasteiger partial charge in [-0.3, -0.25) is 0 Å². The highest BCUT2D eigenvalue weighted by molar-refractivity contribution is 9.10. The number of anilines is 3. The van der Waals surface area contributed by atoms with Gasteiger partial charge < -0.3 is 11.1 Å². The first kappa shape index (κ1) is 11.0. The highest BCUT2D eigenvalue weighted by Gasteiger charge is 1.97. The summed E-state index contributed by atoms with van der Waals surface area (Å²) in [5.74, 6) is 0. The lowest BCUT2D eigenvalue weighted by Crippen LogP contribution is -1.93. The summed E-state index contributed by atoms with van der Waals surface area (Å²) >= 11 is 3.41. The Morgan fingerprint density at radius 1 is 1.00 bits per heavy atom. The molecule has 0 aliphatic carbocycles. The maximum Gasteiger partial charge on any atom is 0.0388 e. The molecule has 0 radical (unpaired) electrons. The standard InChI is InChI=1S/C13H13BrN2/c1-9-8-12(6-7-13(9)15)16-11-4-2-10(14)3-5-11/h2-8,16H,15H2,1H3. The van der Waals surface area contributed by atoms with Gasteiger partial charge in [-0.15, -0.1) is 0 Å². The van der Waals surface area contributed by atoms with E-state index in [0.717, 1.165) is 27.1 Å². The Kier molecular flexibility index (Phi) is 3.15. The monoisotopic (exact) mass is 276 g/mol. The van der Waals surface area contributed by atoms with Crippen LogP contribution in [0.25, 0.3) is 0 Å². The minimum Gasteiger partial charge on any atom is -0.399 e. The lowest BCUT2D eigenvalue weighted by Gasteiger charge is -2.08. The Bertz CT molecular complexity index is 492. The Hall–Kier alpha value is -1.48. The summed E-state index contributed by atoms with van der Waals surface area (Å²) in [5, 5.41) is 3.32. The van der Waals surface area contributed by atoms with Crippen molar-refractivity contribution in [2.24, 2.45) is 0 Å². The summed E-state index contributed by atoms with van der Waals surface area (Å²) in [6, 6.07) is 14.0. The third-order valence-corrected chi connectivity index (χ3v) is 2.93. The van der Waals surface area contributed by atoms with Crippen LogP contribution in [-0.4, -0.2) is 0 Å². The molecule has 82 valence electrons. The van der Waals surface area contributed by atoms with Crippen LogP contribution >= 0.6 is 15.9 Å². The van der Waals surface area contributed by atoms with Crippen molar-refractivity contribution >= 4 is 33.0 Å². The highest BCUT2D eigenvalue weighted by atomic mass is 79.9. The quantitative estimate of drug-likeness (QED) is 0.811. The second-order valence-corrected chi connectivity index (χ2v) is 4.62. The molecule has 16 heavy (non-hydrogen) atoms. The van der Waals surface area contributed by atoms with Gasteiger partial charge in [0.15, 0.2) is 0 Å². The van der Waals surface area contributed by atoms with Crippen molar-refractivity contribution in [1.82, 2.24) is 0 Å². The van der Waals surface area contributed by atoms with E-state index in [4.69, 9.17) is 5.73 Å². The number of halogens is 1. The average molecular weight is 277 g/mol. The first-order chi connectivity index (χ1) is 7.65. The normalized spacial score (nSPS) is 10.1. The van der Waals surface area contributed by atoms with Gasteiger partial charge in [0.2, 0.25) is 0 Å². The summed E-state index contributed by atoms with van der Waals surface area (Å²) in [7, 11) is 0. The fourth-order valence-corrected chi connectivity index (χ4v) is 1.72. The van der Waals surface area contributed by atoms with Crippen LogP contribution in [0, 0.1) is 6.92 Å². The average Bonchev–Trinajstić information content (AvgIpc) is 2.27. The molecule has 0 atom stereocenters. The molecule has 0 bridgehead atoms. The fourth-order valence-electron chi connectivity index (χ4n) is 1.45. The molecule has 0 saturated heterocycles. The summed E-state index contributed by atoms with van der Waals surface area (Å²) in [6.07, 6.45) is 0. The Morgan fingerprint density at radius 3 is 2.25 bits per heavy atom. The van der Waals surface area contributed by atoms with Gasteiger partial charge in [-0.05, 0) is 55.0 Å². The zero-order chi connectivity index (χ0) is 11.5. The lowest BCUT2D eigenvalue weighted by atomic mass is 10.2. The van der Waals surface area contributed by atoms with Crippen molar-refractivity contribution in [3.8, 4) is 0 Å². The van der Waals surface area contributed by atoms with Crippen LogP contribution in [0.15, 0.2) is 46.9 Å². The van der Waals surface area contributed by atoms with Gasteiger partial charge in [0.25, 0.3) is 0 Å². The van der Waals surface area contributed by atoms with Crippen LogP contribution in [-0.2, 0) is 0 Å². The predicted molar refractivity (Wildman–Crippen MR) is 73.0 cm³/mol. The van der Waals surface area contributed by atoms with Crippen molar-refractivity contribution in [3.63, 3.8) is 0 Å². The number of hydrogen-bond donors (Lipinski definition) is 2. The summed E-state index contributed by atoms with van der Waals surface area (Å²) < 4.78 is 1.08. The smallest absolute Gasteiger partial charge is 0.0388 e. The molecule has 0 heterocycles. The fraction of sp³-hybridized carbons (Fsp3) is 0.0769. The van der Waals surface area contributed by atoms with Crippen LogP contribution in [0.2, 0.25) is 0 Å². The van der Waals surface area contributed by atoms with E-state index in [-0.39, 0.29) is 0 Å². The molecule has 2 rings (SSSR count). The van der Waals surface area contributed by atoms with E-state index in [1.807, 2.05) is 49.4 Å². The van der Waals surface area contributed by atoms with Crippen LogP contribution in [0.5, 0.6) is 0 Å². The van der Waals surface area contributed by atoms with Gasteiger partial charge in [0.1, 0.15) is 0 Å². The van der Waals surface area contributed by atoms with Crippen LogP contribution in [0.4, 0.5) is 17.1 Å². The van der Waals surface area contributed by atoms with Gasteiger partial charge in [0, 0.05) is 21.5 Å². The van der Waals surface area contributed by atoms with E-state index < -0.39 is 0 Å². The van der Waals surface area contributed by atoms with Crippen LogP contribution in [0.1, 0.15) is 5.56 Å². The molecule has 0 amide bonds. The molecule has 2 aromatic rings. The van der Waals surface area contributed by atoms with Gasteiger partial charge in [-0.25, -0.2) is 0 Å². The molecule has 2 nitrogen and oxygen atoms in total. The minimum absolute atomic E-state index is 0.821. The second-order valence-electron chi connectivity index (χ2n) is 3.70. The Morgan fingerprint density at radius 2 is 1.62 bits per heavy atom. The molecule has 0 aliphatic rings. The molecule has 0 aliphatic heterocycles. The minimum atomic E-state index is 0.821. The molecule has 0 aromatic heterocycles. The highest BCUT2D eigenvalue weighted by Crippen LogP contribution is 2.22. The van der Waals surface area contributed by atoms with E-state index in [1.165, 1.54) is 0 Å². The van der Waals surface area contributed by atoms with Crippen molar-refractivity contribution in [3.05, 3.63) is 52.5 Å². The second kappa shape index (κ2) is 4.58. The van der Waals surface area contributed by atoms with Crippen molar-refractivity contribution in [2.75, 3.05) is 11.1 Å². The topological polar surface area (TPSA) is 38.0 Å². The summed E-state index contributed by atoms with van der Waals surface area (Å²) in [5.41, 5.74) is 9.79. The van der Waals surface area contributed by atoms with Gasteiger partial charge in [-0.2, -0.15) is 0 Å². The molecule has 0 unspecified atom stereocenters. The third kappa shape index (κ3) is 2.55. The molecular weight excluding hydrogens is 264 g/mol. The number of rotatable bonds is 2. The van der Waals surface area contributed by atoms with Gasteiger partial charge in [-0.1, -0.05) is 15.9 Å². The molecule has 0 saturated carbocycles.